The van der Waals surface area contributed by atoms with E-state index in [9.17, 15) is 4.39 Å². The molecule has 0 aliphatic heterocycles. The predicted octanol–water partition coefficient (Wildman–Crippen LogP) is 3.51. The summed E-state index contributed by atoms with van der Waals surface area (Å²) in [6.45, 7) is 2.92. The molecule has 0 saturated heterocycles. The lowest BCUT2D eigenvalue weighted by Crippen LogP contribution is -2.22. The average Bonchev–Trinajstić information content (AvgIpc) is 2.82. The molecule has 2 aromatic rings. The van der Waals surface area contributed by atoms with Crippen molar-refractivity contribution in [3.05, 3.63) is 45.9 Å². The van der Waals surface area contributed by atoms with Gasteiger partial charge in [0.05, 0.1) is 29.5 Å². The number of aryl methyl sites for hydroxylation is 1. The summed E-state index contributed by atoms with van der Waals surface area (Å²) in [5, 5.41) is 7.59. The minimum absolute atomic E-state index is 0.145. The van der Waals surface area contributed by atoms with Gasteiger partial charge in [0.15, 0.2) is 11.6 Å². The molecule has 0 aliphatic carbocycles. The Morgan fingerprint density at radius 2 is 2.24 bits per heavy atom. The van der Waals surface area contributed by atoms with Crippen LogP contribution in [-0.4, -0.2) is 23.9 Å². The smallest absolute Gasteiger partial charge is 0.165 e. The lowest BCUT2D eigenvalue weighted by Gasteiger charge is -2.19. The molecule has 1 heterocycles. The van der Waals surface area contributed by atoms with Crippen LogP contribution in [0.1, 0.15) is 30.6 Å². The molecule has 2 rings (SSSR count). The fourth-order valence-electron chi connectivity index (χ4n) is 2.37. The Bertz CT molecular complexity index is 615. The van der Waals surface area contributed by atoms with E-state index < -0.39 is 0 Å². The molecule has 0 spiro atoms. The van der Waals surface area contributed by atoms with Crippen LogP contribution in [0, 0.1) is 5.82 Å². The molecular formula is C15H19BrFN3O. The van der Waals surface area contributed by atoms with Crippen molar-refractivity contribution in [2.45, 2.75) is 25.9 Å². The van der Waals surface area contributed by atoms with Crippen molar-refractivity contribution in [2.24, 2.45) is 0 Å². The SMILES string of the molecule is CCCn1ncc(Br)c1C(NC)c1ccc(OC)c(F)c1. The number of nitrogens with zero attached hydrogens (tertiary/aromatic N) is 2. The Morgan fingerprint density at radius 1 is 1.48 bits per heavy atom. The number of methoxy groups -OCH3 is 1. The molecule has 4 nitrogen and oxygen atoms in total. The third kappa shape index (κ3) is 3.27. The molecule has 6 heteroatoms. The summed E-state index contributed by atoms with van der Waals surface area (Å²) in [5.41, 5.74) is 1.82. The van der Waals surface area contributed by atoms with Gasteiger partial charge in [0.2, 0.25) is 0 Å². The van der Waals surface area contributed by atoms with E-state index in [2.05, 4.69) is 33.3 Å². The topological polar surface area (TPSA) is 39.1 Å². The van der Waals surface area contributed by atoms with Crippen LogP contribution in [0.15, 0.2) is 28.9 Å². The Kier molecular flexibility index (Phi) is 5.36. The van der Waals surface area contributed by atoms with Crippen molar-refractivity contribution in [3.63, 3.8) is 0 Å². The zero-order chi connectivity index (χ0) is 15.4. The summed E-state index contributed by atoms with van der Waals surface area (Å²) < 4.78 is 21.8. The molecule has 0 bridgehead atoms. The van der Waals surface area contributed by atoms with Crippen molar-refractivity contribution >= 4 is 15.9 Å². The van der Waals surface area contributed by atoms with Gasteiger partial charge < -0.3 is 10.1 Å². The second kappa shape index (κ2) is 7.04. The van der Waals surface area contributed by atoms with Crippen LogP contribution >= 0.6 is 15.9 Å². The maximum absolute atomic E-state index is 14.0. The van der Waals surface area contributed by atoms with Gasteiger partial charge in [-0.05, 0) is 47.1 Å². The van der Waals surface area contributed by atoms with Crippen LogP contribution in [0.5, 0.6) is 5.75 Å². The summed E-state index contributed by atoms with van der Waals surface area (Å²) in [6.07, 6.45) is 2.75. The Morgan fingerprint density at radius 3 is 2.81 bits per heavy atom. The highest BCUT2D eigenvalue weighted by Gasteiger charge is 2.21. The van der Waals surface area contributed by atoms with Crippen LogP contribution in [0.2, 0.25) is 0 Å². The largest absolute Gasteiger partial charge is 0.494 e. The number of hydrogen-bond donors (Lipinski definition) is 1. The average molecular weight is 356 g/mol. The number of rotatable bonds is 6. The minimum Gasteiger partial charge on any atom is -0.494 e. The van der Waals surface area contributed by atoms with Gasteiger partial charge in [-0.3, -0.25) is 4.68 Å². The molecule has 114 valence electrons. The van der Waals surface area contributed by atoms with Crippen LogP contribution < -0.4 is 10.1 Å². The quantitative estimate of drug-likeness (QED) is 0.861. The number of benzene rings is 1. The van der Waals surface area contributed by atoms with Crippen LogP contribution in [0.25, 0.3) is 0 Å². The van der Waals surface area contributed by atoms with E-state index in [0.717, 1.165) is 28.7 Å². The molecule has 1 unspecified atom stereocenters. The molecule has 1 atom stereocenters. The number of aromatic nitrogens is 2. The van der Waals surface area contributed by atoms with Gasteiger partial charge in [-0.1, -0.05) is 13.0 Å². The maximum Gasteiger partial charge on any atom is 0.165 e. The summed E-state index contributed by atoms with van der Waals surface area (Å²) in [7, 11) is 3.31. The Hall–Kier alpha value is -1.40. The molecule has 0 amide bonds. The fourth-order valence-corrected chi connectivity index (χ4v) is 2.90. The highest BCUT2D eigenvalue weighted by molar-refractivity contribution is 9.10. The third-order valence-electron chi connectivity index (χ3n) is 3.34. The molecule has 1 aromatic carbocycles. The first-order valence-electron chi connectivity index (χ1n) is 6.84. The van der Waals surface area contributed by atoms with E-state index in [4.69, 9.17) is 4.74 Å². The lowest BCUT2D eigenvalue weighted by atomic mass is 10.0. The van der Waals surface area contributed by atoms with Gasteiger partial charge in [-0.25, -0.2) is 4.39 Å². The van der Waals surface area contributed by atoms with Crippen molar-refractivity contribution in [1.82, 2.24) is 15.1 Å². The van der Waals surface area contributed by atoms with Crippen LogP contribution in [0.3, 0.4) is 0 Å². The van der Waals surface area contributed by atoms with E-state index in [1.165, 1.54) is 13.2 Å². The molecule has 0 radical (unpaired) electrons. The van der Waals surface area contributed by atoms with E-state index in [1.807, 2.05) is 17.8 Å². The van der Waals surface area contributed by atoms with Crippen molar-refractivity contribution in [3.8, 4) is 5.75 Å². The Balaban J connectivity index is 2.44. The highest BCUT2D eigenvalue weighted by Crippen LogP contribution is 2.30. The van der Waals surface area contributed by atoms with E-state index in [0.29, 0.717) is 0 Å². The normalized spacial score (nSPS) is 12.4. The first-order chi connectivity index (χ1) is 10.1. The summed E-state index contributed by atoms with van der Waals surface area (Å²) in [5.74, 6) is -0.123. The van der Waals surface area contributed by atoms with Crippen molar-refractivity contribution in [1.29, 1.82) is 0 Å². The zero-order valence-electron chi connectivity index (χ0n) is 12.4. The highest BCUT2D eigenvalue weighted by atomic mass is 79.9. The predicted molar refractivity (Wildman–Crippen MR) is 84.1 cm³/mol. The van der Waals surface area contributed by atoms with Gasteiger partial charge in [0, 0.05) is 6.54 Å². The van der Waals surface area contributed by atoms with Gasteiger partial charge in [0.1, 0.15) is 0 Å². The number of halogens is 2. The molecule has 21 heavy (non-hydrogen) atoms. The van der Waals surface area contributed by atoms with Crippen LogP contribution in [-0.2, 0) is 6.54 Å². The first kappa shape index (κ1) is 16.0. The van der Waals surface area contributed by atoms with E-state index in [1.54, 1.807) is 12.3 Å². The number of ether oxygens (including phenoxy) is 1. The first-order valence-corrected chi connectivity index (χ1v) is 7.63. The lowest BCUT2D eigenvalue weighted by molar-refractivity contribution is 0.385. The zero-order valence-corrected chi connectivity index (χ0v) is 13.9. The summed E-state index contributed by atoms with van der Waals surface area (Å²) in [6, 6.07) is 4.85. The van der Waals surface area contributed by atoms with E-state index in [-0.39, 0.29) is 17.6 Å². The monoisotopic (exact) mass is 355 g/mol. The second-order valence-electron chi connectivity index (χ2n) is 4.72. The second-order valence-corrected chi connectivity index (χ2v) is 5.57. The molecule has 1 aromatic heterocycles. The third-order valence-corrected chi connectivity index (χ3v) is 3.95. The summed E-state index contributed by atoms with van der Waals surface area (Å²) >= 11 is 3.53. The van der Waals surface area contributed by atoms with Gasteiger partial charge in [-0.2, -0.15) is 5.10 Å². The van der Waals surface area contributed by atoms with Crippen LogP contribution in [0.4, 0.5) is 4.39 Å². The molecular weight excluding hydrogens is 337 g/mol. The molecule has 1 N–H and O–H groups in total. The summed E-state index contributed by atoms with van der Waals surface area (Å²) in [4.78, 5) is 0. The minimum atomic E-state index is -0.368. The number of hydrogen-bond acceptors (Lipinski definition) is 3. The molecule has 0 fully saturated rings. The standard InChI is InChI=1S/C15H19BrFN3O/c1-4-7-20-15(11(16)9-19-20)14(18-2)10-5-6-13(21-3)12(17)8-10/h5-6,8-9,14,18H,4,7H2,1-3H3. The van der Waals surface area contributed by atoms with Crippen molar-refractivity contribution < 1.29 is 9.13 Å². The van der Waals surface area contributed by atoms with Gasteiger partial charge >= 0.3 is 0 Å². The maximum atomic E-state index is 14.0. The number of nitrogens with one attached hydrogen (secondary N) is 1. The van der Waals surface area contributed by atoms with E-state index >= 15 is 0 Å². The Labute approximate surface area is 132 Å². The molecule has 0 aliphatic rings. The van der Waals surface area contributed by atoms with Gasteiger partial charge in [-0.15, -0.1) is 0 Å². The van der Waals surface area contributed by atoms with Gasteiger partial charge in [0.25, 0.3) is 0 Å². The fraction of sp³-hybridized carbons (Fsp3) is 0.400. The van der Waals surface area contributed by atoms with Crippen molar-refractivity contribution in [2.75, 3.05) is 14.2 Å². The molecule has 0 saturated carbocycles.